The van der Waals surface area contributed by atoms with Crippen LogP contribution in [0.1, 0.15) is 0 Å². The summed E-state index contributed by atoms with van der Waals surface area (Å²) in [5.74, 6) is -1.54. The number of thioether (sulfide) groups is 1. The molecule has 0 aromatic rings. The summed E-state index contributed by atoms with van der Waals surface area (Å²) in [4.78, 5) is 10.4. The molecule has 2 unspecified atom stereocenters. The van der Waals surface area contributed by atoms with E-state index in [-0.39, 0.29) is 0 Å². The first-order valence-corrected chi connectivity index (χ1v) is 3.89. The maximum Gasteiger partial charge on any atom is 0.237 e. The van der Waals surface area contributed by atoms with Gasteiger partial charge in [0.25, 0.3) is 0 Å². The fourth-order valence-corrected chi connectivity index (χ4v) is 0.902. The number of nitrogens with zero attached hydrogens (tertiary/aromatic N) is 1. The van der Waals surface area contributed by atoms with E-state index in [2.05, 4.69) is 0 Å². The smallest absolute Gasteiger partial charge is 0.237 e. The Morgan fingerprint density at radius 2 is 2.30 bits per heavy atom. The van der Waals surface area contributed by atoms with Crippen molar-refractivity contribution in [2.24, 2.45) is 17.4 Å². The van der Waals surface area contributed by atoms with E-state index in [1.807, 2.05) is 0 Å². The molecule has 56 valence electrons. The van der Waals surface area contributed by atoms with Crippen LogP contribution in [0.3, 0.4) is 0 Å². The summed E-state index contributed by atoms with van der Waals surface area (Å²) in [6.07, 6.45) is 1.72. The van der Waals surface area contributed by atoms with Gasteiger partial charge >= 0.3 is 0 Å². The molecular formula is C5H9N3OS. The lowest BCUT2D eigenvalue weighted by Crippen LogP contribution is -2.35. The molecule has 5 heteroatoms. The number of amides is 1. The standard InChI is InChI=1S/C5H9N3OS/c1-10-5(8)3(2-6)4(7)9/h3,5H,8H2,1H3,(H2,7,9). The van der Waals surface area contributed by atoms with Crippen molar-refractivity contribution in [3.63, 3.8) is 0 Å². The SMILES string of the molecule is CSC(N)C(C#N)C(N)=O. The molecule has 0 heterocycles. The molecule has 1 amide bonds. The number of primary amides is 1. The van der Waals surface area contributed by atoms with Crippen LogP contribution in [0.25, 0.3) is 0 Å². The summed E-state index contributed by atoms with van der Waals surface area (Å²) in [7, 11) is 0. The largest absolute Gasteiger partial charge is 0.368 e. The fraction of sp³-hybridized carbons (Fsp3) is 0.600. The molecule has 0 saturated heterocycles. The first-order chi connectivity index (χ1) is 4.63. The van der Waals surface area contributed by atoms with Crippen molar-refractivity contribution in [2.75, 3.05) is 6.26 Å². The zero-order valence-electron chi connectivity index (χ0n) is 5.57. The van der Waals surface area contributed by atoms with E-state index in [0.717, 1.165) is 0 Å². The van der Waals surface area contributed by atoms with E-state index >= 15 is 0 Å². The van der Waals surface area contributed by atoms with Crippen molar-refractivity contribution in [1.29, 1.82) is 5.26 Å². The second kappa shape index (κ2) is 4.14. The summed E-state index contributed by atoms with van der Waals surface area (Å²) in [6.45, 7) is 0. The number of nitriles is 1. The highest BCUT2D eigenvalue weighted by atomic mass is 32.2. The van der Waals surface area contributed by atoms with Gasteiger partial charge in [-0.1, -0.05) is 0 Å². The van der Waals surface area contributed by atoms with E-state index in [0.29, 0.717) is 0 Å². The van der Waals surface area contributed by atoms with Crippen LogP contribution in [0.2, 0.25) is 0 Å². The Morgan fingerprint density at radius 3 is 2.40 bits per heavy atom. The van der Waals surface area contributed by atoms with Gasteiger partial charge in [0.05, 0.1) is 11.4 Å². The van der Waals surface area contributed by atoms with Crippen LogP contribution < -0.4 is 11.5 Å². The van der Waals surface area contributed by atoms with Crippen molar-refractivity contribution in [2.45, 2.75) is 5.37 Å². The van der Waals surface area contributed by atoms with E-state index in [4.69, 9.17) is 16.7 Å². The molecule has 0 bridgehead atoms. The number of hydrogen-bond acceptors (Lipinski definition) is 4. The molecule has 0 spiro atoms. The predicted molar refractivity (Wildman–Crippen MR) is 39.8 cm³/mol. The zero-order valence-corrected chi connectivity index (χ0v) is 6.39. The van der Waals surface area contributed by atoms with Gasteiger partial charge in [0.1, 0.15) is 5.92 Å². The van der Waals surface area contributed by atoms with Gasteiger partial charge in [-0.15, -0.1) is 11.8 Å². The van der Waals surface area contributed by atoms with E-state index < -0.39 is 17.2 Å². The van der Waals surface area contributed by atoms with Gasteiger partial charge in [0.2, 0.25) is 5.91 Å². The number of carbonyl (C=O) groups is 1. The second-order valence-corrected chi connectivity index (χ2v) is 2.73. The Balaban J connectivity index is 4.10. The topological polar surface area (TPSA) is 92.9 Å². The molecule has 2 atom stereocenters. The highest BCUT2D eigenvalue weighted by Gasteiger charge is 2.21. The Kier molecular flexibility index (Phi) is 3.84. The minimum atomic E-state index is -0.880. The summed E-state index contributed by atoms with van der Waals surface area (Å²) in [5.41, 5.74) is 10.2. The second-order valence-electron chi connectivity index (χ2n) is 1.71. The molecule has 0 aromatic carbocycles. The number of hydrogen-bond donors (Lipinski definition) is 2. The van der Waals surface area contributed by atoms with Crippen LogP contribution in [-0.2, 0) is 4.79 Å². The van der Waals surface area contributed by atoms with Gasteiger partial charge in [-0.2, -0.15) is 5.26 Å². The first-order valence-electron chi connectivity index (χ1n) is 2.60. The quantitative estimate of drug-likeness (QED) is 0.530. The van der Waals surface area contributed by atoms with Crippen LogP contribution >= 0.6 is 11.8 Å². The molecule has 0 aliphatic heterocycles. The average molecular weight is 159 g/mol. The molecular weight excluding hydrogens is 150 g/mol. The zero-order chi connectivity index (χ0) is 8.15. The van der Waals surface area contributed by atoms with E-state index in [1.54, 1.807) is 12.3 Å². The lowest BCUT2D eigenvalue weighted by atomic mass is 10.1. The first kappa shape index (κ1) is 9.27. The summed E-state index contributed by atoms with van der Waals surface area (Å²) >= 11 is 1.24. The van der Waals surface area contributed by atoms with Crippen LogP contribution in [0.15, 0.2) is 0 Å². The molecule has 0 aliphatic carbocycles. The number of carbonyl (C=O) groups excluding carboxylic acids is 1. The minimum Gasteiger partial charge on any atom is -0.368 e. The van der Waals surface area contributed by atoms with E-state index in [1.165, 1.54) is 11.8 Å². The molecule has 0 fully saturated rings. The Hall–Kier alpha value is -0.730. The maximum absolute atomic E-state index is 10.4. The van der Waals surface area contributed by atoms with Crippen molar-refractivity contribution in [3.05, 3.63) is 0 Å². The van der Waals surface area contributed by atoms with Gasteiger partial charge in [0.15, 0.2) is 0 Å². The van der Waals surface area contributed by atoms with Gasteiger partial charge in [-0.05, 0) is 6.26 Å². The molecule has 0 aromatic heterocycles. The van der Waals surface area contributed by atoms with Crippen LogP contribution in [-0.4, -0.2) is 17.5 Å². The fourth-order valence-electron chi connectivity index (χ4n) is 0.435. The van der Waals surface area contributed by atoms with Crippen molar-refractivity contribution < 1.29 is 4.79 Å². The van der Waals surface area contributed by atoms with E-state index in [9.17, 15) is 4.79 Å². The Bertz CT molecular complexity index is 165. The van der Waals surface area contributed by atoms with Crippen molar-refractivity contribution in [1.82, 2.24) is 0 Å². The van der Waals surface area contributed by atoms with Crippen LogP contribution in [0, 0.1) is 17.2 Å². The molecule has 0 radical (unpaired) electrons. The van der Waals surface area contributed by atoms with Crippen LogP contribution in [0.4, 0.5) is 0 Å². The molecule has 0 rings (SSSR count). The van der Waals surface area contributed by atoms with Crippen molar-refractivity contribution >= 4 is 17.7 Å². The summed E-state index contributed by atoms with van der Waals surface area (Å²) in [6, 6.07) is 1.73. The monoisotopic (exact) mass is 159 g/mol. The third-order valence-corrected chi connectivity index (χ3v) is 1.86. The minimum absolute atomic E-state index is 0.512. The molecule has 10 heavy (non-hydrogen) atoms. The summed E-state index contributed by atoms with van der Waals surface area (Å²) < 4.78 is 0. The molecule has 4 nitrogen and oxygen atoms in total. The summed E-state index contributed by atoms with van der Waals surface area (Å²) in [5, 5.41) is 7.84. The average Bonchev–Trinajstić information content (AvgIpc) is 1.88. The predicted octanol–water partition coefficient (Wildman–Crippen LogP) is -0.741. The van der Waals surface area contributed by atoms with Gasteiger partial charge in [-0.25, -0.2) is 0 Å². The molecule has 0 saturated carbocycles. The number of rotatable bonds is 3. The normalized spacial score (nSPS) is 15.3. The Labute approximate surface area is 63.6 Å². The maximum atomic E-state index is 10.4. The highest BCUT2D eigenvalue weighted by Crippen LogP contribution is 2.09. The van der Waals surface area contributed by atoms with Gasteiger partial charge in [-0.3, -0.25) is 4.79 Å². The van der Waals surface area contributed by atoms with Gasteiger partial charge in [0, 0.05) is 0 Å². The Morgan fingerprint density at radius 1 is 1.80 bits per heavy atom. The third kappa shape index (κ3) is 2.25. The van der Waals surface area contributed by atoms with Crippen LogP contribution in [0.5, 0.6) is 0 Å². The van der Waals surface area contributed by atoms with Gasteiger partial charge < -0.3 is 11.5 Å². The molecule has 4 N–H and O–H groups in total. The number of nitrogens with two attached hydrogens (primary N) is 2. The lowest BCUT2D eigenvalue weighted by molar-refractivity contribution is -0.120. The molecule has 0 aliphatic rings. The van der Waals surface area contributed by atoms with Crippen molar-refractivity contribution in [3.8, 4) is 6.07 Å². The lowest BCUT2D eigenvalue weighted by Gasteiger charge is -2.10. The highest BCUT2D eigenvalue weighted by molar-refractivity contribution is 7.99. The third-order valence-electron chi connectivity index (χ3n) is 1.05.